The number of nitrogens with one attached hydrogen (secondary N) is 1. The molecule has 3 rings (SSSR count). The molecular weight excluding hydrogens is 270 g/mol. The van der Waals surface area contributed by atoms with Gasteiger partial charge in [0, 0.05) is 0 Å². The number of hydrogen-bond acceptors (Lipinski definition) is 1. The summed E-state index contributed by atoms with van der Waals surface area (Å²) in [7, 11) is 0. The molecule has 0 saturated heterocycles. The van der Waals surface area contributed by atoms with Gasteiger partial charge in [-0.3, -0.25) is 4.79 Å². The van der Waals surface area contributed by atoms with Gasteiger partial charge in [-0.05, 0) is 42.5 Å². The van der Waals surface area contributed by atoms with E-state index in [4.69, 9.17) is 0 Å². The Labute approximate surface area is 132 Å². The van der Waals surface area contributed by atoms with E-state index >= 15 is 0 Å². The van der Waals surface area contributed by atoms with E-state index in [2.05, 4.69) is 49.2 Å². The minimum absolute atomic E-state index is 0.0147. The minimum Gasteiger partial charge on any atom is -0.349 e. The van der Waals surface area contributed by atoms with Crippen LogP contribution in [0.2, 0.25) is 0 Å². The molecule has 0 spiro atoms. The molecule has 2 heteroatoms. The van der Waals surface area contributed by atoms with Crippen LogP contribution < -0.4 is 5.32 Å². The van der Waals surface area contributed by atoms with Gasteiger partial charge >= 0.3 is 0 Å². The van der Waals surface area contributed by atoms with Crippen LogP contribution in [0.15, 0.2) is 55.1 Å². The van der Waals surface area contributed by atoms with Gasteiger partial charge in [-0.25, -0.2) is 0 Å². The SMILES string of the molecule is C=CCC1(C(=O)NC(C)c2cccc3ccccc23)CCC1. The fourth-order valence-electron chi connectivity index (χ4n) is 3.46. The molecule has 114 valence electrons. The topological polar surface area (TPSA) is 29.1 Å². The second-order valence-electron chi connectivity index (χ2n) is 6.39. The van der Waals surface area contributed by atoms with Crippen LogP contribution in [0.4, 0.5) is 0 Å². The van der Waals surface area contributed by atoms with Gasteiger partial charge in [-0.2, -0.15) is 0 Å². The molecule has 1 aliphatic rings. The summed E-state index contributed by atoms with van der Waals surface area (Å²) in [6.45, 7) is 5.88. The van der Waals surface area contributed by atoms with E-state index in [1.807, 2.05) is 18.2 Å². The second-order valence-corrected chi connectivity index (χ2v) is 6.39. The van der Waals surface area contributed by atoms with E-state index in [1.54, 1.807) is 0 Å². The van der Waals surface area contributed by atoms with Crippen molar-refractivity contribution in [2.24, 2.45) is 5.41 Å². The van der Waals surface area contributed by atoms with Crippen LogP contribution in [0.3, 0.4) is 0 Å². The van der Waals surface area contributed by atoms with E-state index in [1.165, 1.54) is 16.3 Å². The summed E-state index contributed by atoms with van der Waals surface area (Å²) in [6.07, 6.45) is 5.76. The van der Waals surface area contributed by atoms with Crippen LogP contribution in [0.5, 0.6) is 0 Å². The first kappa shape index (κ1) is 14.8. The second kappa shape index (κ2) is 5.96. The summed E-state index contributed by atoms with van der Waals surface area (Å²) in [4.78, 5) is 12.7. The van der Waals surface area contributed by atoms with Gasteiger partial charge in [0.25, 0.3) is 0 Å². The van der Waals surface area contributed by atoms with E-state index in [9.17, 15) is 4.79 Å². The van der Waals surface area contributed by atoms with Gasteiger partial charge in [-0.15, -0.1) is 6.58 Å². The quantitative estimate of drug-likeness (QED) is 0.791. The zero-order chi connectivity index (χ0) is 15.6. The molecule has 1 N–H and O–H groups in total. The van der Waals surface area contributed by atoms with Crippen molar-refractivity contribution in [2.75, 3.05) is 0 Å². The summed E-state index contributed by atoms with van der Waals surface area (Å²) in [6, 6.07) is 14.6. The monoisotopic (exact) mass is 293 g/mol. The Morgan fingerprint density at radius 1 is 1.27 bits per heavy atom. The van der Waals surface area contributed by atoms with Gasteiger partial charge < -0.3 is 5.32 Å². The van der Waals surface area contributed by atoms with Crippen LogP contribution in [0, 0.1) is 5.41 Å². The number of rotatable bonds is 5. The molecule has 2 aromatic rings. The zero-order valence-electron chi connectivity index (χ0n) is 13.1. The van der Waals surface area contributed by atoms with Crippen molar-refractivity contribution in [3.05, 3.63) is 60.7 Å². The first-order chi connectivity index (χ1) is 10.7. The number of carbonyl (C=O) groups excluding carboxylic acids is 1. The third kappa shape index (κ3) is 2.54. The molecule has 1 unspecified atom stereocenters. The van der Waals surface area contributed by atoms with Crippen molar-refractivity contribution >= 4 is 16.7 Å². The largest absolute Gasteiger partial charge is 0.349 e. The highest BCUT2D eigenvalue weighted by Gasteiger charge is 2.43. The van der Waals surface area contributed by atoms with Gasteiger partial charge in [0.15, 0.2) is 0 Å². The Balaban J connectivity index is 1.83. The maximum absolute atomic E-state index is 12.7. The van der Waals surface area contributed by atoms with Crippen molar-refractivity contribution in [3.8, 4) is 0 Å². The molecule has 0 aromatic heterocycles. The lowest BCUT2D eigenvalue weighted by Crippen LogP contribution is -2.46. The lowest BCUT2D eigenvalue weighted by Gasteiger charge is -2.40. The summed E-state index contributed by atoms with van der Waals surface area (Å²) in [5.41, 5.74) is 0.972. The third-order valence-electron chi connectivity index (χ3n) is 4.96. The van der Waals surface area contributed by atoms with E-state index < -0.39 is 0 Å². The molecule has 2 aromatic carbocycles. The van der Waals surface area contributed by atoms with Crippen molar-refractivity contribution in [3.63, 3.8) is 0 Å². The molecule has 1 fully saturated rings. The van der Waals surface area contributed by atoms with Crippen LogP contribution >= 0.6 is 0 Å². The number of benzene rings is 2. The summed E-state index contributed by atoms with van der Waals surface area (Å²) < 4.78 is 0. The van der Waals surface area contributed by atoms with Crippen molar-refractivity contribution in [2.45, 2.75) is 38.6 Å². The van der Waals surface area contributed by atoms with Gasteiger partial charge in [0.1, 0.15) is 0 Å². The summed E-state index contributed by atoms with van der Waals surface area (Å²) >= 11 is 0. The molecule has 1 atom stereocenters. The Kier molecular flexibility index (Phi) is 4.02. The molecule has 0 bridgehead atoms. The van der Waals surface area contributed by atoms with Crippen molar-refractivity contribution in [1.82, 2.24) is 5.32 Å². The van der Waals surface area contributed by atoms with E-state index in [0.29, 0.717) is 0 Å². The fraction of sp³-hybridized carbons (Fsp3) is 0.350. The number of amides is 1. The predicted octanol–water partition coefficient (Wildman–Crippen LogP) is 4.76. The molecule has 22 heavy (non-hydrogen) atoms. The lowest BCUT2D eigenvalue weighted by molar-refractivity contribution is -0.136. The highest BCUT2D eigenvalue weighted by atomic mass is 16.2. The molecule has 1 saturated carbocycles. The molecule has 1 aliphatic carbocycles. The molecule has 2 nitrogen and oxygen atoms in total. The molecular formula is C20H23NO. The van der Waals surface area contributed by atoms with Gasteiger partial charge in [0.05, 0.1) is 11.5 Å². The Morgan fingerprint density at radius 3 is 2.68 bits per heavy atom. The molecule has 1 amide bonds. The smallest absolute Gasteiger partial charge is 0.227 e. The average Bonchev–Trinajstić information content (AvgIpc) is 2.50. The lowest BCUT2D eigenvalue weighted by atomic mass is 9.66. The average molecular weight is 293 g/mol. The van der Waals surface area contributed by atoms with E-state index in [-0.39, 0.29) is 17.4 Å². The van der Waals surface area contributed by atoms with Crippen LogP contribution in [0.1, 0.15) is 44.2 Å². The normalized spacial score (nSPS) is 17.5. The summed E-state index contributed by atoms with van der Waals surface area (Å²) in [5.74, 6) is 0.180. The minimum atomic E-state index is -0.208. The van der Waals surface area contributed by atoms with Gasteiger partial charge in [-0.1, -0.05) is 55.0 Å². The number of fused-ring (bicyclic) bond motifs is 1. The number of carbonyl (C=O) groups is 1. The van der Waals surface area contributed by atoms with E-state index in [0.717, 1.165) is 25.7 Å². The van der Waals surface area contributed by atoms with Crippen LogP contribution in [0.25, 0.3) is 10.8 Å². The third-order valence-corrected chi connectivity index (χ3v) is 4.96. The Morgan fingerprint density at radius 2 is 2.00 bits per heavy atom. The highest BCUT2D eigenvalue weighted by molar-refractivity contribution is 5.88. The maximum Gasteiger partial charge on any atom is 0.227 e. The van der Waals surface area contributed by atoms with Crippen LogP contribution in [-0.2, 0) is 4.79 Å². The molecule has 0 aliphatic heterocycles. The Bertz CT molecular complexity index is 694. The Hall–Kier alpha value is -2.09. The first-order valence-corrected chi connectivity index (χ1v) is 8.06. The standard InChI is InChI=1S/C20H23NO/c1-3-12-20(13-7-14-20)19(22)21-15(2)17-11-6-9-16-8-4-5-10-18(16)17/h3-6,8-11,15H,1,7,12-14H2,2H3,(H,21,22). The zero-order valence-corrected chi connectivity index (χ0v) is 13.1. The number of hydrogen-bond donors (Lipinski definition) is 1. The molecule has 0 heterocycles. The van der Waals surface area contributed by atoms with Gasteiger partial charge in [0.2, 0.25) is 5.91 Å². The fourth-order valence-corrected chi connectivity index (χ4v) is 3.46. The van der Waals surface area contributed by atoms with Crippen molar-refractivity contribution < 1.29 is 4.79 Å². The highest BCUT2D eigenvalue weighted by Crippen LogP contribution is 2.44. The number of allylic oxidation sites excluding steroid dienone is 1. The van der Waals surface area contributed by atoms with Crippen molar-refractivity contribution in [1.29, 1.82) is 0 Å². The maximum atomic E-state index is 12.7. The first-order valence-electron chi connectivity index (χ1n) is 8.06. The summed E-state index contributed by atoms with van der Waals surface area (Å²) in [5, 5.41) is 5.65. The molecule has 0 radical (unpaired) electrons. The van der Waals surface area contributed by atoms with Crippen LogP contribution in [-0.4, -0.2) is 5.91 Å². The predicted molar refractivity (Wildman–Crippen MR) is 91.6 cm³/mol.